The van der Waals surface area contributed by atoms with E-state index in [1.54, 1.807) is 12.1 Å². The second-order valence-corrected chi connectivity index (χ2v) is 7.35. The Kier molecular flexibility index (Phi) is 6.49. The van der Waals surface area contributed by atoms with E-state index >= 15 is 0 Å². The van der Waals surface area contributed by atoms with Crippen molar-refractivity contribution in [3.63, 3.8) is 0 Å². The Morgan fingerprint density at radius 1 is 1.11 bits per heavy atom. The van der Waals surface area contributed by atoms with Gasteiger partial charge in [0.25, 0.3) is 0 Å². The van der Waals surface area contributed by atoms with Crippen molar-refractivity contribution >= 4 is 11.9 Å². The summed E-state index contributed by atoms with van der Waals surface area (Å²) in [7, 11) is 1.40. The van der Waals surface area contributed by atoms with E-state index in [2.05, 4.69) is 5.10 Å². The quantitative estimate of drug-likeness (QED) is 0.702. The van der Waals surface area contributed by atoms with Gasteiger partial charge >= 0.3 is 11.9 Å². The van der Waals surface area contributed by atoms with Gasteiger partial charge in [0.1, 0.15) is 6.10 Å². The molecule has 0 spiro atoms. The molecule has 1 aliphatic carbocycles. The van der Waals surface area contributed by atoms with Crippen LogP contribution in [0.25, 0.3) is 5.69 Å². The van der Waals surface area contributed by atoms with Crippen molar-refractivity contribution in [2.45, 2.75) is 64.9 Å². The zero-order valence-electron chi connectivity index (χ0n) is 16.9. The second-order valence-electron chi connectivity index (χ2n) is 7.35. The molecule has 1 fully saturated rings. The van der Waals surface area contributed by atoms with Crippen LogP contribution in [0.15, 0.2) is 24.3 Å². The molecular weight excluding hydrogens is 356 g/mol. The lowest BCUT2D eigenvalue weighted by molar-refractivity contribution is -0.140. The topological polar surface area (TPSA) is 70.4 Å². The van der Waals surface area contributed by atoms with E-state index in [9.17, 15) is 9.59 Å². The number of nitrogens with zero attached hydrogens (tertiary/aromatic N) is 2. The van der Waals surface area contributed by atoms with Crippen molar-refractivity contribution < 1.29 is 19.1 Å². The summed E-state index contributed by atoms with van der Waals surface area (Å²) < 4.78 is 12.2. The molecule has 2 aromatic rings. The summed E-state index contributed by atoms with van der Waals surface area (Å²) in [5, 5.41) is 4.60. The van der Waals surface area contributed by atoms with Gasteiger partial charge in [-0.1, -0.05) is 6.42 Å². The number of rotatable bonds is 6. The molecule has 0 atom stereocenters. The number of carbonyl (C=O) groups excluding carboxylic acids is 2. The molecule has 1 aromatic carbocycles. The third kappa shape index (κ3) is 4.61. The first-order valence-corrected chi connectivity index (χ1v) is 9.93. The van der Waals surface area contributed by atoms with Crippen LogP contribution in [0.3, 0.4) is 0 Å². The van der Waals surface area contributed by atoms with Crippen LogP contribution >= 0.6 is 0 Å². The number of aryl methyl sites for hydroxylation is 1. The lowest BCUT2D eigenvalue weighted by atomic mass is 9.98. The molecule has 6 heteroatoms. The number of aromatic nitrogens is 2. The minimum absolute atomic E-state index is 0.0503. The molecule has 3 rings (SSSR count). The third-order valence-corrected chi connectivity index (χ3v) is 5.42. The van der Waals surface area contributed by atoms with Gasteiger partial charge in [0.2, 0.25) is 0 Å². The summed E-state index contributed by atoms with van der Waals surface area (Å²) in [5.41, 5.74) is 4.35. The van der Waals surface area contributed by atoms with Crippen molar-refractivity contribution in [3.05, 3.63) is 46.8 Å². The van der Waals surface area contributed by atoms with Gasteiger partial charge < -0.3 is 9.47 Å². The highest BCUT2D eigenvalue weighted by atomic mass is 16.5. The monoisotopic (exact) mass is 384 g/mol. The largest absolute Gasteiger partial charge is 0.469 e. The average molecular weight is 384 g/mol. The van der Waals surface area contributed by atoms with Gasteiger partial charge in [-0.2, -0.15) is 5.10 Å². The Morgan fingerprint density at radius 2 is 1.79 bits per heavy atom. The minimum atomic E-state index is -0.259. The molecule has 0 bridgehead atoms. The van der Waals surface area contributed by atoms with Crippen LogP contribution in [0.5, 0.6) is 0 Å². The highest BCUT2D eigenvalue weighted by Crippen LogP contribution is 2.23. The second kappa shape index (κ2) is 9.04. The van der Waals surface area contributed by atoms with Crippen LogP contribution < -0.4 is 0 Å². The summed E-state index contributed by atoms with van der Waals surface area (Å²) in [5.74, 6) is -0.488. The van der Waals surface area contributed by atoms with Gasteiger partial charge in [0.15, 0.2) is 0 Å². The van der Waals surface area contributed by atoms with E-state index in [-0.39, 0.29) is 18.0 Å². The lowest BCUT2D eigenvalue weighted by Crippen LogP contribution is -2.20. The molecule has 0 amide bonds. The number of benzene rings is 1. The number of hydrogen-bond donors (Lipinski definition) is 0. The van der Waals surface area contributed by atoms with Crippen LogP contribution in [-0.4, -0.2) is 34.9 Å². The standard InChI is InChI=1S/C22H28N2O4/c1-15-20(13-14-21(25)27-3)16(2)24(23-15)18-11-9-17(10-12-18)22(26)28-19-7-5-4-6-8-19/h9-12,19H,4-8,13-14H2,1-3H3. The van der Waals surface area contributed by atoms with E-state index < -0.39 is 0 Å². The van der Waals surface area contributed by atoms with E-state index in [0.29, 0.717) is 18.4 Å². The van der Waals surface area contributed by atoms with Crippen LogP contribution in [-0.2, 0) is 20.7 Å². The fourth-order valence-corrected chi connectivity index (χ4v) is 3.76. The van der Waals surface area contributed by atoms with Gasteiger partial charge in [0, 0.05) is 12.1 Å². The highest BCUT2D eigenvalue weighted by Gasteiger charge is 2.19. The number of methoxy groups -OCH3 is 1. The Morgan fingerprint density at radius 3 is 2.43 bits per heavy atom. The van der Waals surface area contributed by atoms with Crippen LogP contribution in [0.2, 0.25) is 0 Å². The SMILES string of the molecule is COC(=O)CCc1c(C)nn(-c2ccc(C(=O)OC3CCCCC3)cc2)c1C. The lowest BCUT2D eigenvalue weighted by Gasteiger charge is -2.21. The molecule has 0 aliphatic heterocycles. The molecule has 1 saturated carbocycles. The Balaban J connectivity index is 1.70. The summed E-state index contributed by atoms with van der Waals surface area (Å²) in [4.78, 5) is 23.8. The first kappa shape index (κ1) is 20.1. The predicted octanol–water partition coefficient (Wildman–Crippen LogP) is 4.08. The fourth-order valence-electron chi connectivity index (χ4n) is 3.76. The van der Waals surface area contributed by atoms with Crippen molar-refractivity contribution in [3.8, 4) is 5.69 Å². The summed E-state index contributed by atoms with van der Waals surface area (Å²) in [6.07, 6.45) is 6.39. The van der Waals surface area contributed by atoms with Crippen molar-refractivity contribution in [1.29, 1.82) is 0 Å². The summed E-state index contributed by atoms with van der Waals surface area (Å²) in [6, 6.07) is 7.32. The molecule has 1 aromatic heterocycles. The van der Waals surface area contributed by atoms with E-state index in [0.717, 1.165) is 48.3 Å². The Labute approximate surface area is 165 Å². The average Bonchev–Trinajstić information content (AvgIpc) is 3.00. The fraction of sp³-hybridized carbons (Fsp3) is 0.500. The minimum Gasteiger partial charge on any atom is -0.469 e. The van der Waals surface area contributed by atoms with Gasteiger partial charge in [-0.15, -0.1) is 0 Å². The Bertz CT molecular complexity index is 833. The van der Waals surface area contributed by atoms with E-state index in [4.69, 9.17) is 9.47 Å². The van der Waals surface area contributed by atoms with E-state index in [1.165, 1.54) is 13.5 Å². The maximum absolute atomic E-state index is 12.4. The zero-order chi connectivity index (χ0) is 20.1. The maximum Gasteiger partial charge on any atom is 0.338 e. The first-order chi connectivity index (χ1) is 13.5. The molecule has 28 heavy (non-hydrogen) atoms. The van der Waals surface area contributed by atoms with Crippen molar-refractivity contribution in [1.82, 2.24) is 9.78 Å². The molecule has 0 N–H and O–H groups in total. The number of carbonyl (C=O) groups is 2. The van der Waals surface area contributed by atoms with Crippen molar-refractivity contribution in [2.24, 2.45) is 0 Å². The number of ether oxygens (including phenoxy) is 2. The molecule has 0 saturated heterocycles. The molecule has 6 nitrogen and oxygen atoms in total. The van der Waals surface area contributed by atoms with Gasteiger partial charge in [0.05, 0.1) is 24.1 Å². The molecule has 1 heterocycles. The van der Waals surface area contributed by atoms with Crippen LogP contribution in [0, 0.1) is 13.8 Å². The normalized spacial score (nSPS) is 14.7. The smallest absolute Gasteiger partial charge is 0.338 e. The first-order valence-electron chi connectivity index (χ1n) is 9.93. The highest BCUT2D eigenvalue weighted by molar-refractivity contribution is 5.89. The van der Waals surface area contributed by atoms with Gasteiger partial charge in [-0.25, -0.2) is 9.48 Å². The molecule has 1 aliphatic rings. The zero-order valence-corrected chi connectivity index (χ0v) is 16.9. The van der Waals surface area contributed by atoms with Crippen LogP contribution in [0.1, 0.15) is 65.8 Å². The summed E-state index contributed by atoms with van der Waals surface area (Å²) >= 11 is 0. The van der Waals surface area contributed by atoms with Gasteiger partial charge in [-0.05, 0) is 75.8 Å². The Hall–Kier alpha value is -2.63. The molecular formula is C22H28N2O4. The maximum atomic E-state index is 12.4. The van der Waals surface area contributed by atoms with Gasteiger partial charge in [-0.3, -0.25) is 4.79 Å². The van der Waals surface area contributed by atoms with Crippen LogP contribution in [0.4, 0.5) is 0 Å². The van der Waals surface area contributed by atoms with E-state index in [1.807, 2.05) is 30.7 Å². The summed E-state index contributed by atoms with van der Waals surface area (Å²) in [6.45, 7) is 3.92. The predicted molar refractivity (Wildman–Crippen MR) is 106 cm³/mol. The molecule has 0 unspecified atom stereocenters. The number of hydrogen-bond acceptors (Lipinski definition) is 5. The third-order valence-electron chi connectivity index (χ3n) is 5.42. The van der Waals surface area contributed by atoms with Crippen molar-refractivity contribution in [2.75, 3.05) is 7.11 Å². The number of esters is 2. The molecule has 0 radical (unpaired) electrons. The molecule has 150 valence electrons.